The molecule has 0 unspecified atom stereocenters. The Kier molecular flexibility index (Phi) is 4.39. The van der Waals surface area contributed by atoms with Crippen LogP contribution >= 0.6 is 11.3 Å². The van der Waals surface area contributed by atoms with E-state index in [9.17, 15) is 4.79 Å². The molecule has 0 aliphatic heterocycles. The van der Waals surface area contributed by atoms with E-state index in [-0.39, 0.29) is 12.3 Å². The molecule has 25 heavy (non-hydrogen) atoms. The average Bonchev–Trinajstić information content (AvgIpc) is 3.27. The molecule has 1 aliphatic rings. The van der Waals surface area contributed by atoms with E-state index in [0.717, 1.165) is 34.8 Å². The second-order valence-electron chi connectivity index (χ2n) is 6.00. The summed E-state index contributed by atoms with van der Waals surface area (Å²) in [6, 6.07) is 18.3. The van der Waals surface area contributed by atoms with Gasteiger partial charge in [0.25, 0.3) is 0 Å². The van der Waals surface area contributed by atoms with Gasteiger partial charge in [-0.15, -0.1) is 11.3 Å². The number of hydrogen-bond donors (Lipinski definition) is 1. The molecule has 0 radical (unpaired) electrons. The lowest BCUT2D eigenvalue weighted by atomic mass is 10.1. The van der Waals surface area contributed by atoms with E-state index >= 15 is 0 Å². The zero-order valence-corrected chi connectivity index (χ0v) is 14.4. The molecular weight excluding hydrogens is 330 g/mol. The Hall–Kier alpha value is -2.79. The Morgan fingerprint density at radius 3 is 2.44 bits per heavy atom. The van der Waals surface area contributed by atoms with Gasteiger partial charge in [0.2, 0.25) is 5.91 Å². The van der Waals surface area contributed by atoms with Gasteiger partial charge in [-0.1, -0.05) is 54.6 Å². The summed E-state index contributed by atoms with van der Waals surface area (Å²) in [7, 11) is 0. The SMILES string of the molecule is O=C(Cc1nc(-c2ccccc2)cs1)NN=C1Cc2ccccc2C1. The summed E-state index contributed by atoms with van der Waals surface area (Å²) in [6.45, 7) is 0. The molecule has 3 aromatic rings. The van der Waals surface area contributed by atoms with Gasteiger partial charge in [-0.2, -0.15) is 5.10 Å². The van der Waals surface area contributed by atoms with Gasteiger partial charge in [0, 0.05) is 29.5 Å². The summed E-state index contributed by atoms with van der Waals surface area (Å²) < 4.78 is 0. The fraction of sp³-hybridized carbons (Fsp3) is 0.150. The van der Waals surface area contributed by atoms with Crippen LogP contribution in [-0.4, -0.2) is 16.6 Å². The monoisotopic (exact) mass is 347 g/mol. The molecule has 4 nitrogen and oxygen atoms in total. The van der Waals surface area contributed by atoms with Crippen molar-refractivity contribution in [3.05, 3.63) is 76.1 Å². The van der Waals surface area contributed by atoms with Crippen LogP contribution in [0.5, 0.6) is 0 Å². The topological polar surface area (TPSA) is 54.4 Å². The van der Waals surface area contributed by atoms with Crippen LogP contribution in [0.15, 0.2) is 65.1 Å². The maximum Gasteiger partial charge on any atom is 0.246 e. The lowest BCUT2D eigenvalue weighted by molar-refractivity contribution is -0.120. The van der Waals surface area contributed by atoms with E-state index in [1.807, 2.05) is 47.8 Å². The number of fused-ring (bicyclic) bond motifs is 1. The fourth-order valence-electron chi connectivity index (χ4n) is 2.94. The van der Waals surface area contributed by atoms with Crippen LogP contribution in [0.3, 0.4) is 0 Å². The van der Waals surface area contributed by atoms with Crippen molar-refractivity contribution < 1.29 is 4.79 Å². The number of thiazole rings is 1. The zero-order chi connectivity index (χ0) is 17.1. The summed E-state index contributed by atoms with van der Waals surface area (Å²) in [6.07, 6.45) is 1.87. The number of aromatic nitrogens is 1. The highest BCUT2D eigenvalue weighted by atomic mass is 32.1. The smallest absolute Gasteiger partial charge is 0.246 e. The second-order valence-corrected chi connectivity index (χ2v) is 6.95. The standard InChI is InChI=1S/C20H17N3OS/c24-19(23-22-17-10-15-8-4-5-9-16(15)11-17)12-20-21-18(13-25-20)14-6-2-1-3-7-14/h1-9,13H,10-12H2,(H,23,24). The average molecular weight is 347 g/mol. The Bertz CT molecular complexity index is 904. The molecule has 124 valence electrons. The molecule has 1 aliphatic carbocycles. The molecule has 0 atom stereocenters. The zero-order valence-electron chi connectivity index (χ0n) is 13.6. The third-order valence-electron chi connectivity index (χ3n) is 4.18. The van der Waals surface area contributed by atoms with Gasteiger partial charge in [0.15, 0.2) is 0 Å². The number of carbonyl (C=O) groups is 1. The predicted molar refractivity (Wildman–Crippen MR) is 101 cm³/mol. The Morgan fingerprint density at radius 1 is 1.04 bits per heavy atom. The number of rotatable bonds is 4. The second kappa shape index (κ2) is 6.99. The van der Waals surface area contributed by atoms with Gasteiger partial charge < -0.3 is 0 Å². The highest BCUT2D eigenvalue weighted by Crippen LogP contribution is 2.22. The molecule has 2 aromatic carbocycles. The first kappa shape index (κ1) is 15.7. The molecule has 1 heterocycles. The third kappa shape index (κ3) is 3.67. The highest BCUT2D eigenvalue weighted by molar-refractivity contribution is 7.10. The van der Waals surface area contributed by atoms with Crippen LogP contribution in [-0.2, 0) is 24.1 Å². The highest BCUT2D eigenvalue weighted by Gasteiger charge is 2.16. The van der Waals surface area contributed by atoms with Crippen LogP contribution < -0.4 is 5.43 Å². The van der Waals surface area contributed by atoms with Crippen LogP contribution in [0.25, 0.3) is 11.3 Å². The van der Waals surface area contributed by atoms with Crippen LogP contribution in [0.2, 0.25) is 0 Å². The minimum atomic E-state index is -0.127. The Balaban J connectivity index is 1.36. The normalized spacial score (nSPS) is 12.7. The van der Waals surface area contributed by atoms with Crippen molar-refractivity contribution in [3.8, 4) is 11.3 Å². The molecule has 5 heteroatoms. The number of nitrogens with one attached hydrogen (secondary N) is 1. The van der Waals surface area contributed by atoms with Crippen molar-refractivity contribution in [1.82, 2.24) is 10.4 Å². The minimum Gasteiger partial charge on any atom is -0.273 e. The molecule has 0 saturated heterocycles. The summed E-state index contributed by atoms with van der Waals surface area (Å²) in [4.78, 5) is 16.7. The van der Waals surface area contributed by atoms with E-state index in [1.54, 1.807) is 0 Å². The molecule has 0 bridgehead atoms. The molecule has 0 spiro atoms. The maximum absolute atomic E-state index is 12.1. The van der Waals surface area contributed by atoms with Crippen molar-refractivity contribution in [3.63, 3.8) is 0 Å². The van der Waals surface area contributed by atoms with Crippen LogP contribution in [0.1, 0.15) is 16.1 Å². The summed E-state index contributed by atoms with van der Waals surface area (Å²) in [5, 5.41) is 7.07. The summed E-state index contributed by atoms with van der Waals surface area (Å²) in [5.41, 5.74) is 8.23. The first-order chi connectivity index (χ1) is 12.3. The number of benzene rings is 2. The Morgan fingerprint density at radius 2 is 1.72 bits per heavy atom. The van der Waals surface area contributed by atoms with Gasteiger partial charge >= 0.3 is 0 Å². The van der Waals surface area contributed by atoms with E-state index in [1.165, 1.54) is 22.5 Å². The molecule has 1 N–H and O–H groups in total. The summed E-state index contributed by atoms with van der Waals surface area (Å²) >= 11 is 1.50. The molecule has 1 amide bonds. The Labute approximate surface area is 150 Å². The van der Waals surface area contributed by atoms with Crippen LogP contribution in [0.4, 0.5) is 0 Å². The first-order valence-electron chi connectivity index (χ1n) is 8.19. The fourth-order valence-corrected chi connectivity index (χ4v) is 3.74. The van der Waals surface area contributed by atoms with Gasteiger partial charge in [0.1, 0.15) is 5.01 Å². The first-order valence-corrected chi connectivity index (χ1v) is 9.07. The number of hydrogen-bond acceptors (Lipinski definition) is 4. The minimum absolute atomic E-state index is 0.127. The number of nitrogens with zero attached hydrogens (tertiary/aromatic N) is 2. The molecule has 4 rings (SSSR count). The molecule has 0 saturated carbocycles. The van der Waals surface area contributed by atoms with Gasteiger partial charge in [-0.25, -0.2) is 10.4 Å². The largest absolute Gasteiger partial charge is 0.273 e. The summed E-state index contributed by atoms with van der Waals surface area (Å²) in [5.74, 6) is -0.127. The van der Waals surface area contributed by atoms with Gasteiger partial charge in [-0.05, 0) is 11.1 Å². The van der Waals surface area contributed by atoms with Crippen molar-refractivity contribution in [2.75, 3.05) is 0 Å². The van der Waals surface area contributed by atoms with Crippen molar-refractivity contribution in [1.29, 1.82) is 0 Å². The number of amides is 1. The van der Waals surface area contributed by atoms with Crippen molar-refractivity contribution in [2.24, 2.45) is 5.10 Å². The lowest BCUT2D eigenvalue weighted by Gasteiger charge is -1.99. The van der Waals surface area contributed by atoms with E-state index < -0.39 is 0 Å². The van der Waals surface area contributed by atoms with Crippen LogP contribution in [0, 0.1) is 0 Å². The van der Waals surface area contributed by atoms with Crippen molar-refractivity contribution in [2.45, 2.75) is 19.3 Å². The predicted octanol–water partition coefficient (Wildman–Crippen LogP) is 3.62. The van der Waals surface area contributed by atoms with Crippen molar-refractivity contribution >= 4 is 23.0 Å². The molecular formula is C20H17N3OS. The van der Waals surface area contributed by atoms with E-state index in [0.29, 0.717) is 0 Å². The third-order valence-corrected chi connectivity index (χ3v) is 5.03. The molecule has 1 aromatic heterocycles. The maximum atomic E-state index is 12.1. The quantitative estimate of drug-likeness (QED) is 0.733. The van der Waals surface area contributed by atoms with Gasteiger partial charge in [0.05, 0.1) is 12.1 Å². The van der Waals surface area contributed by atoms with Gasteiger partial charge in [-0.3, -0.25) is 4.79 Å². The lowest BCUT2D eigenvalue weighted by Crippen LogP contribution is -2.21. The number of carbonyl (C=O) groups excluding carboxylic acids is 1. The van der Waals surface area contributed by atoms with E-state index in [4.69, 9.17) is 0 Å². The number of hydrazone groups is 1. The molecule has 0 fully saturated rings. The van der Waals surface area contributed by atoms with E-state index in [2.05, 4.69) is 27.6 Å².